The summed E-state index contributed by atoms with van der Waals surface area (Å²) in [6.07, 6.45) is 6.37. The quantitative estimate of drug-likeness (QED) is 0.477. The molecule has 9 aliphatic rings. The van der Waals surface area contributed by atoms with Crippen molar-refractivity contribution in [3.05, 3.63) is 0 Å². The molecular weight excluding hydrogens is 324 g/mol. The first kappa shape index (κ1) is 14.9. The molecule has 0 aromatic rings. The van der Waals surface area contributed by atoms with Crippen LogP contribution >= 0.6 is 0 Å². The third-order valence-corrected chi connectivity index (χ3v) is 17.5. The van der Waals surface area contributed by atoms with Crippen molar-refractivity contribution in [2.24, 2.45) is 91.2 Å². The summed E-state index contributed by atoms with van der Waals surface area (Å²) in [5.41, 5.74) is 4.72. The van der Waals surface area contributed by atoms with E-state index in [1.807, 2.05) is 0 Å². The first-order valence-corrected chi connectivity index (χ1v) is 12.5. The molecule has 9 fully saturated rings. The summed E-state index contributed by atoms with van der Waals surface area (Å²) in [4.78, 5) is 0. The van der Waals surface area contributed by atoms with Gasteiger partial charge < -0.3 is 0 Å². The zero-order chi connectivity index (χ0) is 18.5. The lowest BCUT2D eigenvalue weighted by Crippen LogP contribution is -3.06. The van der Waals surface area contributed by atoms with Gasteiger partial charge in [-0.15, -0.1) is 0 Å². The van der Waals surface area contributed by atoms with Crippen LogP contribution in [0.3, 0.4) is 0 Å². The van der Waals surface area contributed by atoms with Crippen molar-refractivity contribution < 1.29 is 0 Å². The lowest BCUT2D eigenvalue weighted by Gasteiger charge is -3.10. The Labute approximate surface area is 165 Å². The molecule has 0 N–H and O–H groups in total. The molecule has 14 unspecified atom stereocenters. The molecule has 9 saturated carbocycles. The first-order chi connectivity index (χ1) is 12.5. The summed E-state index contributed by atoms with van der Waals surface area (Å²) in [5.74, 6) is 9.99. The molecule has 0 bridgehead atoms. The van der Waals surface area contributed by atoms with Gasteiger partial charge in [-0.1, -0.05) is 48.5 Å². The van der Waals surface area contributed by atoms with Crippen LogP contribution in [0.25, 0.3) is 0 Å². The minimum Gasteiger partial charge on any atom is -0.0585 e. The van der Waals surface area contributed by atoms with Crippen LogP contribution in [0.4, 0.5) is 0 Å². The van der Waals surface area contributed by atoms with Gasteiger partial charge in [-0.3, -0.25) is 0 Å². The molecule has 0 aliphatic heterocycles. The van der Waals surface area contributed by atoms with Crippen molar-refractivity contribution in [3.8, 4) is 0 Å². The van der Waals surface area contributed by atoms with Crippen LogP contribution in [0.5, 0.6) is 0 Å². The molecule has 0 nitrogen and oxygen atoms in total. The number of hydrogen-bond acceptors (Lipinski definition) is 0. The van der Waals surface area contributed by atoms with Crippen molar-refractivity contribution in [3.63, 3.8) is 0 Å². The van der Waals surface area contributed by atoms with E-state index in [2.05, 4.69) is 48.5 Å². The van der Waals surface area contributed by atoms with Crippen LogP contribution in [0.1, 0.15) is 74.1 Å². The molecule has 0 radical (unpaired) electrons. The van der Waals surface area contributed by atoms with Crippen molar-refractivity contribution in [2.75, 3.05) is 0 Å². The van der Waals surface area contributed by atoms with Crippen LogP contribution in [0.2, 0.25) is 0 Å². The van der Waals surface area contributed by atoms with Crippen molar-refractivity contribution in [1.29, 1.82) is 0 Å². The van der Waals surface area contributed by atoms with Crippen LogP contribution in [0.15, 0.2) is 0 Å². The van der Waals surface area contributed by atoms with E-state index in [-0.39, 0.29) is 0 Å². The zero-order valence-electron chi connectivity index (χ0n) is 18.5. The summed E-state index contributed by atoms with van der Waals surface area (Å²) < 4.78 is 0. The van der Waals surface area contributed by atoms with E-state index in [9.17, 15) is 0 Å². The van der Waals surface area contributed by atoms with Gasteiger partial charge in [0.25, 0.3) is 0 Å². The summed E-state index contributed by atoms with van der Waals surface area (Å²) >= 11 is 0. The molecule has 0 heterocycles. The zero-order valence-corrected chi connectivity index (χ0v) is 18.5. The van der Waals surface area contributed by atoms with E-state index < -0.39 is 0 Å². The number of fused-ring (bicyclic) bond motifs is 6. The molecule has 0 heteroatoms. The van der Waals surface area contributed by atoms with E-state index in [0.29, 0.717) is 37.9 Å². The first-order valence-electron chi connectivity index (χ1n) is 12.5. The van der Waals surface area contributed by atoms with Gasteiger partial charge in [0.15, 0.2) is 0 Å². The molecule has 9 rings (SSSR count). The van der Waals surface area contributed by atoms with E-state index in [1.165, 1.54) is 0 Å². The third kappa shape index (κ3) is 0.712. The SMILES string of the molecule is CC12C3CCC4CC5C6C7C8C9C(C1C3)C2(C)C9(C)C8(C)C7(C)C6(C)C45C. The lowest BCUT2D eigenvalue weighted by atomic mass is 8.94. The molecule has 0 aromatic carbocycles. The predicted molar refractivity (Wildman–Crippen MR) is 107 cm³/mol. The molecule has 146 valence electrons. The molecule has 0 amide bonds. The van der Waals surface area contributed by atoms with Gasteiger partial charge in [-0.25, -0.2) is 0 Å². The Morgan fingerprint density at radius 3 is 1.19 bits per heavy atom. The average Bonchev–Trinajstić information content (AvgIpc) is 2.67. The Bertz CT molecular complexity index is 834. The molecule has 14 atom stereocenters. The largest absolute Gasteiger partial charge is 0.0585 e. The van der Waals surface area contributed by atoms with Gasteiger partial charge in [-0.2, -0.15) is 0 Å². The van der Waals surface area contributed by atoms with Crippen molar-refractivity contribution >= 4 is 0 Å². The summed E-state index contributed by atoms with van der Waals surface area (Å²) in [6.45, 7) is 19.7. The molecule has 27 heavy (non-hydrogen) atoms. The second-order valence-corrected chi connectivity index (χ2v) is 14.9. The summed E-state index contributed by atoms with van der Waals surface area (Å²) in [7, 11) is 0. The topological polar surface area (TPSA) is 0 Å². The van der Waals surface area contributed by atoms with Gasteiger partial charge >= 0.3 is 0 Å². The highest BCUT2D eigenvalue weighted by atomic mass is 15.1. The molecule has 9 aliphatic carbocycles. The molecule has 0 saturated heterocycles. The van der Waals surface area contributed by atoms with Crippen molar-refractivity contribution in [2.45, 2.75) is 74.1 Å². The second kappa shape index (κ2) is 3.05. The Hall–Kier alpha value is 0. The fourth-order valence-electron chi connectivity index (χ4n) is 16.3. The standard InChI is InChI=1S/C27H38/c1-21-12-8-9-13-11-15-17-19-20-18-16(14(21)10-12)23(21,3)25(18,5)27(20,7)26(19,6)24(17,4)22(13,15)2/h12-20H,8-11H2,1-7H3. The summed E-state index contributed by atoms with van der Waals surface area (Å²) in [5, 5.41) is 0. The predicted octanol–water partition coefficient (Wildman–Crippen LogP) is 6.26. The third-order valence-electron chi connectivity index (χ3n) is 17.5. The van der Waals surface area contributed by atoms with Gasteiger partial charge in [-0.05, 0) is 117 Å². The molecular formula is C27H38. The normalized spacial score (nSPS) is 90.1. The second-order valence-electron chi connectivity index (χ2n) is 14.9. The molecule has 0 aromatic heterocycles. The van der Waals surface area contributed by atoms with Crippen LogP contribution in [-0.4, -0.2) is 0 Å². The molecule has 0 spiro atoms. The number of hydrogen-bond donors (Lipinski definition) is 0. The highest BCUT2D eigenvalue weighted by Crippen LogP contribution is 3.11. The van der Waals surface area contributed by atoms with E-state index in [1.54, 1.807) is 25.7 Å². The highest BCUT2D eigenvalue weighted by Gasteiger charge is 3.07. The maximum Gasteiger partial charge on any atom is -0.0167 e. The van der Waals surface area contributed by atoms with Gasteiger partial charge in [0, 0.05) is 0 Å². The van der Waals surface area contributed by atoms with Crippen LogP contribution in [0, 0.1) is 91.2 Å². The lowest BCUT2D eigenvalue weighted by molar-refractivity contribution is -0.636. The van der Waals surface area contributed by atoms with E-state index in [4.69, 9.17) is 0 Å². The average molecular weight is 363 g/mol. The minimum absolute atomic E-state index is 0.651. The Morgan fingerprint density at radius 2 is 0.778 bits per heavy atom. The number of rotatable bonds is 0. The fourth-order valence-corrected chi connectivity index (χ4v) is 16.3. The maximum atomic E-state index is 2.83. The Kier molecular flexibility index (Phi) is 1.68. The van der Waals surface area contributed by atoms with Crippen molar-refractivity contribution in [1.82, 2.24) is 0 Å². The minimum atomic E-state index is 0.651. The van der Waals surface area contributed by atoms with Gasteiger partial charge in [0.2, 0.25) is 0 Å². The Morgan fingerprint density at radius 1 is 0.444 bits per heavy atom. The maximum absolute atomic E-state index is 2.83. The monoisotopic (exact) mass is 362 g/mol. The smallest absolute Gasteiger partial charge is 0.0167 e. The van der Waals surface area contributed by atoms with Crippen LogP contribution in [-0.2, 0) is 0 Å². The van der Waals surface area contributed by atoms with E-state index >= 15 is 0 Å². The highest BCUT2D eigenvalue weighted by molar-refractivity contribution is 5.54. The van der Waals surface area contributed by atoms with Crippen LogP contribution < -0.4 is 0 Å². The fraction of sp³-hybridized carbons (Fsp3) is 1.00. The Balaban J connectivity index is 1.32. The van der Waals surface area contributed by atoms with Gasteiger partial charge in [0.1, 0.15) is 0 Å². The summed E-state index contributed by atoms with van der Waals surface area (Å²) in [6, 6.07) is 0. The van der Waals surface area contributed by atoms with E-state index in [0.717, 1.165) is 53.3 Å². The van der Waals surface area contributed by atoms with Gasteiger partial charge in [0.05, 0.1) is 0 Å².